The minimum Gasteiger partial charge on any atom is -0.396 e. The third-order valence-electron chi connectivity index (χ3n) is 3.03. The van der Waals surface area contributed by atoms with Gasteiger partial charge in [-0.25, -0.2) is 0 Å². The summed E-state index contributed by atoms with van der Waals surface area (Å²) in [7, 11) is 1.84. The fourth-order valence-electron chi connectivity index (χ4n) is 1.87. The van der Waals surface area contributed by atoms with Gasteiger partial charge in [-0.05, 0) is 31.2 Å². The van der Waals surface area contributed by atoms with E-state index in [1.165, 1.54) is 5.56 Å². The Morgan fingerprint density at radius 2 is 1.89 bits per heavy atom. The summed E-state index contributed by atoms with van der Waals surface area (Å²) in [6.07, 6.45) is 4.20. The molecule has 1 N–H and O–H groups in total. The van der Waals surface area contributed by atoms with Gasteiger partial charge in [0.05, 0.1) is 0 Å². The summed E-state index contributed by atoms with van der Waals surface area (Å²) < 4.78 is 0. The third kappa shape index (κ3) is 5.82. The first-order chi connectivity index (χ1) is 8.74. The van der Waals surface area contributed by atoms with Crippen LogP contribution in [-0.2, 0) is 11.2 Å². The molecule has 0 bridgehead atoms. The molecule has 0 aliphatic rings. The van der Waals surface area contributed by atoms with Crippen LogP contribution in [0.25, 0.3) is 0 Å². The molecule has 18 heavy (non-hydrogen) atoms. The number of rotatable bonds is 8. The maximum atomic E-state index is 11.6. The second kappa shape index (κ2) is 8.70. The Balaban J connectivity index is 2.12. The number of hydrogen-bond donors (Lipinski definition) is 1. The molecule has 1 aromatic rings. The average Bonchev–Trinajstić information content (AvgIpc) is 2.41. The lowest BCUT2D eigenvalue weighted by Gasteiger charge is -2.16. The molecule has 0 saturated heterocycles. The molecule has 100 valence electrons. The van der Waals surface area contributed by atoms with E-state index < -0.39 is 0 Å². The van der Waals surface area contributed by atoms with Crippen molar-refractivity contribution in [2.45, 2.75) is 32.1 Å². The number of carbonyl (C=O) groups is 1. The molecule has 1 aromatic carbocycles. The highest BCUT2D eigenvalue weighted by molar-refractivity contribution is 5.75. The summed E-state index contributed by atoms with van der Waals surface area (Å²) in [6.45, 7) is 0.894. The molecule has 3 nitrogen and oxygen atoms in total. The Hall–Kier alpha value is -1.35. The van der Waals surface area contributed by atoms with E-state index in [2.05, 4.69) is 24.3 Å². The number of aryl methyl sites for hydroxylation is 1. The van der Waals surface area contributed by atoms with Crippen molar-refractivity contribution in [2.24, 2.45) is 0 Å². The molecule has 0 atom stereocenters. The van der Waals surface area contributed by atoms with Crippen molar-refractivity contribution in [1.29, 1.82) is 0 Å². The van der Waals surface area contributed by atoms with Gasteiger partial charge in [0.25, 0.3) is 0 Å². The number of unbranched alkanes of at least 4 members (excludes halogenated alkanes) is 1. The molecule has 0 aromatic heterocycles. The zero-order valence-corrected chi connectivity index (χ0v) is 11.1. The van der Waals surface area contributed by atoms with Crippen LogP contribution in [0, 0.1) is 0 Å². The average molecular weight is 249 g/mol. The van der Waals surface area contributed by atoms with E-state index in [-0.39, 0.29) is 12.5 Å². The zero-order chi connectivity index (χ0) is 13.2. The lowest BCUT2D eigenvalue weighted by atomic mass is 10.1. The number of aliphatic hydroxyl groups excluding tert-OH is 1. The van der Waals surface area contributed by atoms with Crippen molar-refractivity contribution in [3.63, 3.8) is 0 Å². The molecular weight excluding hydrogens is 226 g/mol. The van der Waals surface area contributed by atoms with Gasteiger partial charge in [0.15, 0.2) is 0 Å². The van der Waals surface area contributed by atoms with Crippen LogP contribution in [0.5, 0.6) is 0 Å². The number of amides is 1. The van der Waals surface area contributed by atoms with E-state index in [1.54, 1.807) is 4.90 Å². The molecule has 0 unspecified atom stereocenters. The molecule has 1 amide bonds. The minimum atomic E-state index is 0.0909. The van der Waals surface area contributed by atoms with Gasteiger partial charge in [-0.2, -0.15) is 0 Å². The van der Waals surface area contributed by atoms with Gasteiger partial charge in [0.1, 0.15) is 0 Å². The van der Waals surface area contributed by atoms with Crippen LogP contribution in [0.3, 0.4) is 0 Å². The Bertz CT molecular complexity index is 338. The van der Waals surface area contributed by atoms with E-state index >= 15 is 0 Å². The summed E-state index contributed by atoms with van der Waals surface area (Å²) >= 11 is 0. The molecule has 0 radical (unpaired) electrons. The molecule has 1 rings (SSSR count). The molecule has 0 spiro atoms. The molecular formula is C15H23NO2. The Morgan fingerprint density at radius 1 is 1.17 bits per heavy atom. The molecule has 0 saturated carbocycles. The van der Waals surface area contributed by atoms with Crippen LogP contribution in [0.2, 0.25) is 0 Å². The monoisotopic (exact) mass is 249 g/mol. The number of benzene rings is 1. The fraction of sp³-hybridized carbons (Fsp3) is 0.533. The molecule has 0 fully saturated rings. The first-order valence-electron chi connectivity index (χ1n) is 6.63. The Labute approximate surface area is 109 Å². The zero-order valence-electron chi connectivity index (χ0n) is 11.1. The Kier molecular flexibility index (Phi) is 7.11. The molecule has 0 aliphatic heterocycles. The predicted octanol–water partition coefficient (Wildman–Crippen LogP) is 2.24. The van der Waals surface area contributed by atoms with Crippen LogP contribution in [-0.4, -0.2) is 36.1 Å². The second-order valence-corrected chi connectivity index (χ2v) is 4.59. The van der Waals surface area contributed by atoms with Gasteiger partial charge in [-0.15, -0.1) is 0 Å². The van der Waals surface area contributed by atoms with Crippen LogP contribution in [0.4, 0.5) is 0 Å². The first kappa shape index (κ1) is 14.7. The predicted molar refractivity (Wildman–Crippen MR) is 73.3 cm³/mol. The van der Waals surface area contributed by atoms with Gasteiger partial charge in [0.2, 0.25) is 5.91 Å². The summed E-state index contributed by atoms with van der Waals surface area (Å²) in [4.78, 5) is 13.3. The SMILES string of the molecule is CN(CCCCc1ccccc1)C(=O)CCCO. The summed E-state index contributed by atoms with van der Waals surface area (Å²) in [5, 5.41) is 8.67. The van der Waals surface area contributed by atoms with E-state index in [0.717, 1.165) is 25.8 Å². The lowest BCUT2D eigenvalue weighted by molar-refractivity contribution is -0.130. The van der Waals surface area contributed by atoms with Gasteiger partial charge in [-0.1, -0.05) is 30.3 Å². The summed E-state index contributed by atoms with van der Waals surface area (Å²) in [6, 6.07) is 10.4. The maximum Gasteiger partial charge on any atom is 0.222 e. The summed E-state index contributed by atoms with van der Waals surface area (Å²) in [5.74, 6) is 0.128. The first-order valence-corrected chi connectivity index (χ1v) is 6.63. The summed E-state index contributed by atoms with van der Waals surface area (Å²) in [5.41, 5.74) is 1.35. The van der Waals surface area contributed by atoms with E-state index in [4.69, 9.17) is 5.11 Å². The molecule has 0 heterocycles. The van der Waals surface area contributed by atoms with Crippen molar-refractivity contribution in [2.75, 3.05) is 20.2 Å². The Morgan fingerprint density at radius 3 is 2.56 bits per heavy atom. The number of carbonyl (C=O) groups excluding carboxylic acids is 1. The maximum absolute atomic E-state index is 11.6. The second-order valence-electron chi connectivity index (χ2n) is 4.59. The van der Waals surface area contributed by atoms with Crippen molar-refractivity contribution in [3.05, 3.63) is 35.9 Å². The fourth-order valence-corrected chi connectivity index (χ4v) is 1.87. The molecule has 0 aliphatic carbocycles. The highest BCUT2D eigenvalue weighted by Crippen LogP contribution is 2.05. The van der Waals surface area contributed by atoms with Gasteiger partial charge >= 0.3 is 0 Å². The quantitative estimate of drug-likeness (QED) is 0.718. The smallest absolute Gasteiger partial charge is 0.222 e. The standard InChI is InChI=1S/C15H23NO2/c1-16(15(18)11-7-13-17)12-6-5-10-14-8-3-2-4-9-14/h2-4,8-9,17H,5-7,10-13H2,1H3. The van der Waals surface area contributed by atoms with Gasteiger partial charge < -0.3 is 10.0 Å². The highest BCUT2D eigenvalue weighted by atomic mass is 16.3. The van der Waals surface area contributed by atoms with Gasteiger partial charge in [-0.3, -0.25) is 4.79 Å². The minimum absolute atomic E-state index is 0.0909. The van der Waals surface area contributed by atoms with E-state index in [9.17, 15) is 4.79 Å². The number of hydrogen-bond acceptors (Lipinski definition) is 2. The normalized spacial score (nSPS) is 10.3. The molecule has 3 heteroatoms. The number of nitrogens with zero attached hydrogens (tertiary/aromatic N) is 1. The van der Waals surface area contributed by atoms with Crippen LogP contribution >= 0.6 is 0 Å². The highest BCUT2D eigenvalue weighted by Gasteiger charge is 2.07. The van der Waals surface area contributed by atoms with Crippen molar-refractivity contribution >= 4 is 5.91 Å². The van der Waals surface area contributed by atoms with Crippen LogP contribution in [0.15, 0.2) is 30.3 Å². The van der Waals surface area contributed by atoms with E-state index in [1.807, 2.05) is 13.1 Å². The van der Waals surface area contributed by atoms with Crippen molar-refractivity contribution < 1.29 is 9.90 Å². The van der Waals surface area contributed by atoms with E-state index in [0.29, 0.717) is 12.8 Å². The van der Waals surface area contributed by atoms with Crippen molar-refractivity contribution in [3.8, 4) is 0 Å². The largest absolute Gasteiger partial charge is 0.396 e. The van der Waals surface area contributed by atoms with Crippen molar-refractivity contribution in [1.82, 2.24) is 4.90 Å². The van der Waals surface area contributed by atoms with Gasteiger partial charge in [0, 0.05) is 26.6 Å². The number of aliphatic hydroxyl groups is 1. The third-order valence-corrected chi connectivity index (χ3v) is 3.03. The topological polar surface area (TPSA) is 40.5 Å². The lowest BCUT2D eigenvalue weighted by Crippen LogP contribution is -2.27. The van der Waals surface area contributed by atoms with Crippen LogP contribution in [0.1, 0.15) is 31.2 Å². The van der Waals surface area contributed by atoms with Crippen LogP contribution < -0.4 is 0 Å².